The van der Waals surface area contributed by atoms with Gasteiger partial charge in [0.15, 0.2) is 0 Å². The Kier molecular flexibility index (Phi) is 2.79. The second kappa shape index (κ2) is 4.67. The summed E-state index contributed by atoms with van der Waals surface area (Å²) >= 11 is 0. The highest BCUT2D eigenvalue weighted by Gasteiger charge is 2.17. The van der Waals surface area contributed by atoms with Gasteiger partial charge in [0, 0.05) is 30.9 Å². The second-order valence-corrected chi connectivity index (χ2v) is 5.85. The molecule has 4 heteroatoms. The normalized spacial score (nSPS) is 14.0. The molecule has 0 fully saturated rings. The van der Waals surface area contributed by atoms with Gasteiger partial charge in [-0.2, -0.15) is 0 Å². The van der Waals surface area contributed by atoms with Gasteiger partial charge < -0.3 is 9.88 Å². The smallest absolute Gasteiger partial charge is 0.141 e. The Bertz CT molecular complexity index is 817. The highest BCUT2D eigenvalue weighted by atomic mass is 15.1. The number of aromatic nitrogens is 3. The highest BCUT2D eigenvalue weighted by molar-refractivity contribution is 5.80. The maximum Gasteiger partial charge on any atom is 0.141 e. The number of imidazole rings is 1. The summed E-state index contributed by atoms with van der Waals surface area (Å²) in [6.07, 6.45) is 3.67. The van der Waals surface area contributed by atoms with Crippen LogP contribution in [0.15, 0.2) is 36.7 Å². The van der Waals surface area contributed by atoms with E-state index >= 15 is 0 Å². The van der Waals surface area contributed by atoms with Gasteiger partial charge in [-0.05, 0) is 37.1 Å². The quantitative estimate of drug-likeness (QED) is 0.782. The van der Waals surface area contributed by atoms with E-state index in [1.165, 1.54) is 16.7 Å². The van der Waals surface area contributed by atoms with Crippen molar-refractivity contribution in [2.24, 2.45) is 0 Å². The molecular formula is C17H18N4. The van der Waals surface area contributed by atoms with Crippen molar-refractivity contribution in [3.8, 4) is 11.4 Å². The first kappa shape index (κ1) is 12.5. The summed E-state index contributed by atoms with van der Waals surface area (Å²) < 4.78 is 2.29. The maximum atomic E-state index is 4.81. The van der Waals surface area contributed by atoms with Crippen molar-refractivity contribution in [3.63, 3.8) is 0 Å². The molecule has 21 heavy (non-hydrogen) atoms. The van der Waals surface area contributed by atoms with E-state index in [1.54, 1.807) is 0 Å². The SMILES string of the molecule is CC(C)n1c(-c2ccc3c(c2)CNC3)nc2cnccc21. The standard InChI is InChI=1S/C17H18N4/c1-11(2)21-16-5-6-18-10-15(16)20-17(21)12-3-4-13-8-19-9-14(13)7-12/h3-7,10-11,19H,8-9H2,1-2H3. The average molecular weight is 278 g/mol. The molecule has 0 spiro atoms. The van der Waals surface area contributed by atoms with Crippen LogP contribution >= 0.6 is 0 Å². The molecule has 0 unspecified atom stereocenters. The third-order valence-corrected chi connectivity index (χ3v) is 4.10. The van der Waals surface area contributed by atoms with E-state index in [0.29, 0.717) is 6.04 Å². The second-order valence-electron chi connectivity index (χ2n) is 5.85. The van der Waals surface area contributed by atoms with Gasteiger partial charge in [0.25, 0.3) is 0 Å². The summed E-state index contributed by atoms with van der Waals surface area (Å²) in [4.78, 5) is 9.00. The molecule has 2 aromatic heterocycles. The number of benzene rings is 1. The fraction of sp³-hybridized carbons (Fsp3) is 0.294. The predicted octanol–water partition coefficient (Wildman–Crippen LogP) is 3.28. The molecule has 1 N–H and O–H groups in total. The average Bonchev–Trinajstić information content (AvgIpc) is 3.10. The van der Waals surface area contributed by atoms with Crippen LogP contribution in [0.2, 0.25) is 0 Å². The highest BCUT2D eigenvalue weighted by Crippen LogP contribution is 2.30. The molecule has 1 aliphatic rings. The largest absolute Gasteiger partial charge is 0.321 e. The van der Waals surface area contributed by atoms with E-state index in [9.17, 15) is 0 Å². The van der Waals surface area contributed by atoms with E-state index in [4.69, 9.17) is 4.98 Å². The molecular weight excluding hydrogens is 260 g/mol. The maximum absolute atomic E-state index is 4.81. The van der Waals surface area contributed by atoms with Crippen molar-refractivity contribution in [2.75, 3.05) is 0 Å². The molecule has 4 rings (SSSR count). The summed E-state index contributed by atoms with van der Waals surface area (Å²) in [7, 11) is 0. The lowest BCUT2D eigenvalue weighted by atomic mass is 10.1. The van der Waals surface area contributed by atoms with Crippen LogP contribution in [0.3, 0.4) is 0 Å². The van der Waals surface area contributed by atoms with Gasteiger partial charge in [-0.15, -0.1) is 0 Å². The molecule has 3 heterocycles. The van der Waals surface area contributed by atoms with E-state index in [-0.39, 0.29) is 0 Å². The lowest BCUT2D eigenvalue weighted by Gasteiger charge is -2.13. The Morgan fingerprint density at radius 3 is 2.86 bits per heavy atom. The monoisotopic (exact) mass is 278 g/mol. The van der Waals surface area contributed by atoms with Crippen LogP contribution in [-0.2, 0) is 13.1 Å². The van der Waals surface area contributed by atoms with Gasteiger partial charge in [0.05, 0.1) is 11.7 Å². The van der Waals surface area contributed by atoms with Gasteiger partial charge in [-0.3, -0.25) is 4.98 Å². The molecule has 106 valence electrons. The van der Waals surface area contributed by atoms with E-state index in [2.05, 4.69) is 46.9 Å². The molecule has 1 aromatic carbocycles. The molecule has 0 saturated heterocycles. The van der Waals surface area contributed by atoms with E-state index in [1.807, 2.05) is 18.5 Å². The van der Waals surface area contributed by atoms with Crippen molar-refractivity contribution in [3.05, 3.63) is 47.8 Å². The zero-order chi connectivity index (χ0) is 14.4. The summed E-state index contributed by atoms with van der Waals surface area (Å²) in [6, 6.07) is 9.06. The first-order valence-electron chi connectivity index (χ1n) is 7.39. The van der Waals surface area contributed by atoms with Crippen molar-refractivity contribution in [2.45, 2.75) is 33.0 Å². The van der Waals surface area contributed by atoms with E-state index < -0.39 is 0 Å². The Balaban J connectivity index is 1.95. The first-order valence-corrected chi connectivity index (χ1v) is 7.39. The van der Waals surface area contributed by atoms with Crippen molar-refractivity contribution in [1.82, 2.24) is 19.9 Å². The Hall–Kier alpha value is -2.20. The molecule has 0 atom stereocenters. The van der Waals surface area contributed by atoms with Gasteiger partial charge in [-0.25, -0.2) is 4.98 Å². The fourth-order valence-corrected chi connectivity index (χ4v) is 3.11. The number of hydrogen-bond donors (Lipinski definition) is 1. The molecule has 0 radical (unpaired) electrons. The molecule has 0 saturated carbocycles. The van der Waals surface area contributed by atoms with Crippen molar-refractivity contribution < 1.29 is 0 Å². The minimum atomic E-state index is 0.360. The number of hydrogen-bond acceptors (Lipinski definition) is 3. The van der Waals surface area contributed by atoms with Crippen LogP contribution in [0, 0.1) is 0 Å². The minimum absolute atomic E-state index is 0.360. The molecule has 4 nitrogen and oxygen atoms in total. The number of pyridine rings is 1. The van der Waals surface area contributed by atoms with Crippen molar-refractivity contribution >= 4 is 11.0 Å². The lowest BCUT2D eigenvalue weighted by Crippen LogP contribution is -2.03. The molecule has 3 aromatic rings. The van der Waals surface area contributed by atoms with Crippen LogP contribution in [0.4, 0.5) is 0 Å². The number of nitrogens with one attached hydrogen (secondary N) is 1. The van der Waals surface area contributed by atoms with Crippen LogP contribution in [0.1, 0.15) is 31.0 Å². The van der Waals surface area contributed by atoms with Crippen LogP contribution in [0.25, 0.3) is 22.4 Å². The van der Waals surface area contributed by atoms with Crippen LogP contribution in [0.5, 0.6) is 0 Å². The Morgan fingerprint density at radius 2 is 2.00 bits per heavy atom. The molecule has 0 amide bonds. The number of fused-ring (bicyclic) bond motifs is 2. The summed E-state index contributed by atoms with van der Waals surface area (Å²) in [5.74, 6) is 1.03. The van der Waals surface area contributed by atoms with Gasteiger partial charge in [-0.1, -0.05) is 12.1 Å². The Morgan fingerprint density at radius 1 is 1.14 bits per heavy atom. The minimum Gasteiger partial charge on any atom is -0.321 e. The molecule has 1 aliphatic heterocycles. The van der Waals surface area contributed by atoms with Crippen molar-refractivity contribution in [1.29, 1.82) is 0 Å². The Labute approximate surface area is 123 Å². The third kappa shape index (κ3) is 1.94. The van der Waals surface area contributed by atoms with Gasteiger partial charge in [0.1, 0.15) is 11.3 Å². The zero-order valence-electron chi connectivity index (χ0n) is 12.3. The lowest BCUT2D eigenvalue weighted by molar-refractivity contribution is 0.624. The predicted molar refractivity (Wildman–Crippen MR) is 83.9 cm³/mol. The summed E-state index contributed by atoms with van der Waals surface area (Å²) in [5.41, 5.74) is 6.07. The topological polar surface area (TPSA) is 42.7 Å². The van der Waals surface area contributed by atoms with Crippen LogP contribution < -0.4 is 5.32 Å². The molecule has 0 bridgehead atoms. The number of nitrogens with zero attached hydrogens (tertiary/aromatic N) is 3. The zero-order valence-corrected chi connectivity index (χ0v) is 12.3. The van der Waals surface area contributed by atoms with Crippen LogP contribution in [-0.4, -0.2) is 14.5 Å². The molecule has 0 aliphatic carbocycles. The van der Waals surface area contributed by atoms with Gasteiger partial charge in [0.2, 0.25) is 0 Å². The fourth-order valence-electron chi connectivity index (χ4n) is 3.11. The van der Waals surface area contributed by atoms with Gasteiger partial charge >= 0.3 is 0 Å². The summed E-state index contributed by atoms with van der Waals surface area (Å²) in [6.45, 7) is 6.31. The number of rotatable bonds is 2. The van der Waals surface area contributed by atoms with E-state index in [0.717, 1.165) is 29.9 Å². The third-order valence-electron chi connectivity index (χ3n) is 4.10. The summed E-state index contributed by atoms with van der Waals surface area (Å²) in [5, 5.41) is 3.39. The first-order chi connectivity index (χ1) is 10.2.